The number of nitrogens with one attached hydrogen (secondary N) is 1. The molecule has 0 unspecified atom stereocenters. The zero-order valence-electron chi connectivity index (χ0n) is 16.9. The van der Waals surface area contributed by atoms with E-state index in [9.17, 15) is 14.7 Å². The molecule has 1 aromatic heterocycles. The monoisotopic (exact) mass is 452 g/mol. The van der Waals surface area contributed by atoms with Crippen LogP contribution < -0.4 is 10.1 Å². The number of thioether (sulfide) groups is 1. The highest BCUT2D eigenvalue weighted by Gasteiger charge is 2.30. The van der Waals surface area contributed by atoms with Crippen LogP contribution in [0.25, 0.3) is 0 Å². The molecule has 0 saturated heterocycles. The number of halogens is 1. The van der Waals surface area contributed by atoms with Gasteiger partial charge >= 0.3 is 5.97 Å². The Labute approximate surface area is 184 Å². The van der Waals surface area contributed by atoms with Gasteiger partial charge in [0.15, 0.2) is 11.0 Å². The Morgan fingerprint density at radius 2 is 2.07 bits per heavy atom. The van der Waals surface area contributed by atoms with Crippen molar-refractivity contribution in [3.8, 4) is 5.75 Å². The lowest BCUT2D eigenvalue weighted by molar-refractivity contribution is -0.141. The minimum absolute atomic E-state index is 0.0676. The zero-order valence-corrected chi connectivity index (χ0v) is 18.4. The summed E-state index contributed by atoms with van der Waals surface area (Å²) in [6.07, 6.45) is 2.42. The Bertz CT molecular complexity index is 901. The van der Waals surface area contributed by atoms with Crippen LogP contribution in [0.15, 0.2) is 29.4 Å². The second kappa shape index (κ2) is 10.2. The van der Waals surface area contributed by atoms with Gasteiger partial charge in [-0.15, -0.1) is 10.2 Å². The summed E-state index contributed by atoms with van der Waals surface area (Å²) < 4.78 is 7.78. The number of carbonyl (C=O) groups excluding carboxylic acids is 1. The van der Waals surface area contributed by atoms with Crippen LogP contribution in [-0.2, 0) is 16.2 Å². The number of hydrogen-bond acceptors (Lipinski definition) is 6. The third-order valence-corrected chi connectivity index (χ3v) is 5.77. The topological polar surface area (TPSA) is 106 Å². The first-order valence-corrected chi connectivity index (χ1v) is 11.2. The number of rotatable bonds is 11. The van der Waals surface area contributed by atoms with Crippen LogP contribution in [0.3, 0.4) is 0 Å². The molecule has 162 valence electrons. The Morgan fingerprint density at radius 3 is 2.70 bits per heavy atom. The molecule has 1 saturated carbocycles. The van der Waals surface area contributed by atoms with Gasteiger partial charge < -0.3 is 15.2 Å². The molecule has 1 atom stereocenters. The molecule has 1 fully saturated rings. The minimum atomic E-state index is -1.03. The fraction of sp³-hybridized carbons (Fsp3) is 0.500. The van der Waals surface area contributed by atoms with Crippen molar-refractivity contribution in [1.82, 2.24) is 20.1 Å². The predicted molar refractivity (Wildman–Crippen MR) is 114 cm³/mol. The van der Waals surface area contributed by atoms with Gasteiger partial charge in [0, 0.05) is 6.04 Å². The van der Waals surface area contributed by atoms with E-state index in [0.29, 0.717) is 34.2 Å². The number of amides is 1. The lowest BCUT2D eigenvalue weighted by Crippen LogP contribution is -2.42. The van der Waals surface area contributed by atoms with Crippen LogP contribution in [0.4, 0.5) is 0 Å². The molecular weight excluding hydrogens is 428 g/mol. The highest BCUT2D eigenvalue weighted by atomic mass is 35.5. The van der Waals surface area contributed by atoms with Crippen molar-refractivity contribution in [1.29, 1.82) is 0 Å². The summed E-state index contributed by atoms with van der Waals surface area (Å²) in [5.41, 5.74) is 0. The number of aliphatic carboxylic acids is 1. The first-order valence-electron chi connectivity index (χ1n) is 9.81. The zero-order chi connectivity index (χ0) is 21.7. The third kappa shape index (κ3) is 6.12. The molecule has 0 spiro atoms. The Balaban J connectivity index is 1.60. The van der Waals surface area contributed by atoms with Gasteiger partial charge in [0.05, 0.1) is 10.8 Å². The van der Waals surface area contributed by atoms with Crippen molar-refractivity contribution in [2.75, 3.05) is 5.75 Å². The average Bonchev–Trinajstić information content (AvgIpc) is 3.45. The molecule has 3 rings (SSSR count). The van der Waals surface area contributed by atoms with E-state index in [1.165, 1.54) is 11.8 Å². The molecule has 0 aliphatic heterocycles. The summed E-state index contributed by atoms with van der Waals surface area (Å²) in [7, 11) is 0. The van der Waals surface area contributed by atoms with Gasteiger partial charge in [-0.2, -0.15) is 0 Å². The number of aromatic nitrogens is 3. The number of ether oxygens (including phenoxy) is 1. The molecule has 1 aliphatic carbocycles. The first-order chi connectivity index (χ1) is 14.3. The second-order valence-corrected chi connectivity index (χ2v) is 8.95. The van der Waals surface area contributed by atoms with Gasteiger partial charge in [-0.3, -0.25) is 9.36 Å². The van der Waals surface area contributed by atoms with Gasteiger partial charge in [-0.1, -0.05) is 49.3 Å². The maximum absolute atomic E-state index is 12.3. The predicted octanol–water partition coefficient (Wildman–Crippen LogP) is 3.55. The lowest BCUT2D eigenvalue weighted by atomic mass is 10.0. The van der Waals surface area contributed by atoms with Crippen molar-refractivity contribution in [2.24, 2.45) is 5.92 Å². The summed E-state index contributed by atoms with van der Waals surface area (Å²) in [5, 5.41) is 21.5. The minimum Gasteiger partial charge on any atom is -0.484 e. The van der Waals surface area contributed by atoms with Crippen LogP contribution >= 0.6 is 23.4 Å². The van der Waals surface area contributed by atoms with E-state index < -0.39 is 12.0 Å². The maximum atomic E-state index is 12.3. The van der Waals surface area contributed by atoms with Gasteiger partial charge in [0.1, 0.15) is 18.4 Å². The fourth-order valence-electron chi connectivity index (χ4n) is 2.97. The molecule has 8 nitrogen and oxygen atoms in total. The summed E-state index contributed by atoms with van der Waals surface area (Å²) >= 11 is 7.38. The second-order valence-electron chi connectivity index (χ2n) is 7.60. The lowest BCUT2D eigenvalue weighted by Gasteiger charge is -2.16. The fourth-order valence-corrected chi connectivity index (χ4v) is 3.99. The van der Waals surface area contributed by atoms with Crippen molar-refractivity contribution in [3.63, 3.8) is 0 Å². The number of carboxylic acids is 1. The Hall–Kier alpha value is -2.26. The highest BCUT2D eigenvalue weighted by molar-refractivity contribution is 7.99. The molecule has 0 bridgehead atoms. The van der Waals surface area contributed by atoms with Crippen LogP contribution in [-0.4, -0.2) is 43.5 Å². The molecule has 10 heteroatoms. The first kappa shape index (κ1) is 22.4. The number of hydrogen-bond donors (Lipinski definition) is 2. The van der Waals surface area contributed by atoms with Crippen molar-refractivity contribution < 1.29 is 19.4 Å². The summed E-state index contributed by atoms with van der Waals surface area (Å²) in [6, 6.07) is 6.62. The van der Waals surface area contributed by atoms with Crippen LogP contribution in [0.5, 0.6) is 5.75 Å². The number of carbonyl (C=O) groups is 2. The molecule has 1 heterocycles. The van der Waals surface area contributed by atoms with Gasteiger partial charge in [-0.25, -0.2) is 4.79 Å². The van der Waals surface area contributed by atoms with Crippen molar-refractivity contribution >= 4 is 35.2 Å². The molecule has 1 aliphatic rings. The standard InChI is InChI=1S/C20H25ClN4O4S/c1-12(2)9-15(19(27)28)22-18(26)11-30-20-24-23-17(25(20)13-7-8-13)10-29-16-6-4-3-5-14(16)21/h3-6,12-13,15H,7-11H2,1-2H3,(H,22,26)(H,27,28)/t15-/m0/s1. The normalized spacial score (nSPS) is 14.5. The third-order valence-electron chi connectivity index (χ3n) is 4.51. The Kier molecular flexibility index (Phi) is 7.60. The van der Waals surface area contributed by atoms with E-state index in [2.05, 4.69) is 15.5 Å². The molecule has 0 radical (unpaired) electrons. The molecule has 2 N–H and O–H groups in total. The molecule has 1 aromatic carbocycles. The van der Waals surface area contributed by atoms with E-state index in [1.807, 2.05) is 30.5 Å². The number of carboxylic acid groups (broad SMARTS) is 1. The van der Waals surface area contributed by atoms with Crippen LogP contribution in [0, 0.1) is 5.92 Å². The van der Waals surface area contributed by atoms with E-state index in [4.69, 9.17) is 16.3 Å². The van der Waals surface area contributed by atoms with Crippen molar-refractivity contribution in [2.45, 2.75) is 57.0 Å². The van der Waals surface area contributed by atoms with Gasteiger partial charge in [-0.05, 0) is 37.3 Å². The summed E-state index contributed by atoms with van der Waals surface area (Å²) in [4.78, 5) is 23.6. The van der Waals surface area contributed by atoms with E-state index in [1.54, 1.807) is 12.1 Å². The van der Waals surface area contributed by atoms with Gasteiger partial charge in [0.25, 0.3) is 0 Å². The van der Waals surface area contributed by atoms with E-state index in [-0.39, 0.29) is 24.2 Å². The van der Waals surface area contributed by atoms with E-state index >= 15 is 0 Å². The summed E-state index contributed by atoms with van der Waals surface area (Å²) in [5.74, 6) is 0.108. The molecular formula is C20H25ClN4O4S. The van der Waals surface area contributed by atoms with Crippen LogP contribution in [0.1, 0.15) is 45.0 Å². The number of benzene rings is 1. The number of nitrogens with zero attached hydrogens (tertiary/aromatic N) is 3. The molecule has 1 amide bonds. The van der Waals surface area contributed by atoms with E-state index in [0.717, 1.165) is 12.8 Å². The van der Waals surface area contributed by atoms with Crippen molar-refractivity contribution in [3.05, 3.63) is 35.1 Å². The Morgan fingerprint density at radius 1 is 1.33 bits per heavy atom. The molecule has 2 aromatic rings. The smallest absolute Gasteiger partial charge is 0.326 e. The SMILES string of the molecule is CC(C)C[C@H](NC(=O)CSc1nnc(COc2ccccc2Cl)n1C1CC1)C(=O)O. The maximum Gasteiger partial charge on any atom is 0.326 e. The van der Waals surface area contributed by atoms with Gasteiger partial charge in [0.2, 0.25) is 5.91 Å². The number of para-hydroxylation sites is 1. The molecule has 30 heavy (non-hydrogen) atoms. The largest absolute Gasteiger partial charge is 0.484 e. The average molecular weight is 453 g/mol. The highest BCUT2D eigenvalue weighted by Crippen LogP contribution is 2.39. The summed E-state index contributed by atoms with van der Waals surface area (Å²) in [6.45, 7) is 4.05. The quantitative estimate of drug-likeness (QED) is 0.502. The van der Waals surface area contributed by atoms with Crippen LogP contribution in [0.2, 0.25) is 5.02 Å².